The summed E-state index contributed by atoms with van der Waals surface area (Å²) in [7, 11) is 1.34. The molecule has 2 heterocycles. The van der Waals surface area contributed by atoms with Gasteiger partial charge in [-0.1, -0.05) is 56.3 Å². The third-order valence-corrected chi connectivity index (χ3v) is 8.90. The van der Waals surface area contributed by atoms with Gasteiger partial charge < -0.3 is 33.7 Å². The number of esters is 5. The zero-order chi connectivity index (χ0) is 46.6. The number of hydrogen-bond acceptors (Lipinski definition) is 14. The van der Waals surface area contributed by atoms with Crippen LogP contribution in [0.5, 0.6) is 11.5 Å². The Morgan fingerprint density at radius 1 is 0.857 bits per heavy atom. The number of rotatable bonds is 11. The molecule has 1 fully saturated rings. The van der Waals surface area contributed by atoms with Crippen LogP contribution in [0.4, 0.5) is 8.78 Å². The van der Waals surface area contributed by atoms with E-state index in [1.165, 1.54) is 50.6 Å². The molecule has 17 heteroatoms. The van der Waals surface area contributed by atoms with E-state index in [4.69, 9.17) is 33.7 Å². The molecule has 1 amide bonds. The fraction of sp³-hybridized carbons (Fsp3) is 0.348. The topological polar surface area (TPSA) is 207 Å². The lowest BCUT2D eigenvalue weighted by Crippen LogP contribution is -2.41. The monoisotopic (exact) mass is 873 g/mol. The molecule has 5 rings (SSSR count). The molecule has 1 aromatic heterocycles. The average molecular weight is 874 g/mol. The highest BCUT2D eigenvalue weighted by Crippen LogP contribution is 2.32. The molecule has 0 saturated carbocycles. The maximum Gasteiger partial charge on any atom is 0.328 e. The standard InChI is InChI=1S/C27H26F2N2O6.C12H18O6.C7H5N/c1-15(31-26(33)24-25(37-17(3)32)22(35-4)13-14-30-24)27(34)36-16(2)23(18-5-9-20(28)10-6-18)19-7-11-21(29)12-8-19;1-7(2)12(15)18-9-6-11(14)16-5-4-10(13)17-8(9)3;8-6-7-4-2-1-3-5-7/h5-16,23H,1-4H3,(H,31,33);7-9H,4-6H2,1-3H3;1-5H/t15-,16-;;/m0../s1. The summed E-state index contributed by atoms with van der Waals surface area (Å²) in [5, 5.41) is 10.8. The van der Waals surface area contributed by atoms with Crippen molar-refractivity contribution in [2.75, 3.05) is 13.7 Å². The summed E-state index contributed by atoms with van der Waals surface area (Å²) in [6.07, 6.45) is -1.02. The second-order valence-corrected chi connectivity index (χ2v) is 14.2. The number of carbonyl (C=O) groups is 6. The Hall–Kier alpha value is -7.22. The zero-order valence-electron chi connectivity index (χ0n) is 35.8. The molecule has 4 aromatic rings. The smallest absolute Gasteiger partial charge is 0.328 e. The van der Waals surface area contributed by atoms with Gasteiger partial charge in [-0.05, 0) is 68.3 Å². The number of nitriles is 1. The number of halogens is 2. The van der Waals surface area contributed by atoms with Crippen molar-refractivity contribution in [1.82, 2.24) is 10.3 Å². The summed E-state index contributed by atoms with van der Waals surface area (Å²) in [6, 6.07) is 22.8. The Morgan fingerprint density at radius 2 is 1.44 bits per heavy atom. The normalized spacial score (nSPS) is 15.6. The van der Waals surface area contributed by atoms with Crippen LogP contribution in [0.3, 0.4) is 0 Å². The van der Waals surface area contributed by atoms with Crippen molar-refractivity contribution in [1.29, 1.82) is 5.26 Å². The fourth-order valence-corrected chi connectivity index (χ4v) is 5.66. The first-order valence-corrected chi connectivity index (χ1v) is 19.7. The molecule has 15 nitrogen and oxygen atoms in total. The number of aromatic nitrogens is 1. The molecule has 1 aliphatic rings. The van der Waals surface area contributed by atoms with Crippen LogP contribution in [-0.2, 0) is 42.9 Å². The highest BCUT2D eigenvalue weighted by atomic mass is 19.1. The van der Waals surface area contributed by atoms with Crippen LogP contribution in [0.25, 0.3) is 0 Å². The Balaban J connectivity index is 0.000000332. The number of amides is 1. The van der Waals surface area contributed by atoms with Crippen LogP contribution in [0.15, 0.2) is 91.1 Å². The number of cyclic esters (lactones) is 2. The molecule has 0 spiro atoms. The first kappa shape index (κ1) is 50.1. The van der Waals surface area contributed by atoms with Gasteiger partial charge in [0.25, 0.3) is 5.91 Å². The summed E-state index contributed by atoms with van der Waals surface area (Å²) in [5.74, 6) is -5.41. The van der Waals surface area contributed by atoms with Gasteiger partial charge >= 0.3 is 29.8 Å². The molecular weight excluding hydrogens is 825 g/mol. The third kappa shape index (κ3) is 16.3. The summed E-state index contributed by atoms with van der Waals surface area (Å²) >= 11 is 0. The molecule has 2 unspecified atom stereocenters. The van der Waals surface area contributed by atoms with Gasteiger partial charge in [-0.25, -0.2) is 18.6 Å². The highest BCUT2D eigenvalue weighted by Gasteiger charge is 2.31. The molecule has 0 bridgehead atoms. The lowest BCUT2D eigenvalue weighted by molar-refractivity contribution is -0.170. The Kier molecular flexibility index (Phi) is 19.8. The Morgan fingerprint density at radius 3 is 1.95 bits per heavy atom. The van der Waals surface area contributed by atoms with Gasteiger partial charge in [-0.2, -0.15) is 5.26 Å². The predicted octanol–water partition coefficient (Wildman–Crippen LogP) is 6.56. The van der Waals surface area contributed by atoms with Gasteiger partial charge in [0.1, 0.15) is 42.6 Å². The molecule has 0 radical (unpaired) electrons. The minimum absolute atomic E-state index is 0.00473. The van der Waals surface area contributed by atoms with Gasteiger partial charge in [-0.3, -0.25) is 24.0 Å². The van der Waals surface area contributed by atoms with E-state index in [1.807, 2.05) is 24.3 Å². The number of nitrogens with one attached hydrogen (secondary N) is 1. The van der Waals surface area contributed by atoms with Crippen LogP contribution in [-0.4, -0.2) is 78.8 Å². The predicted molar refractivity (Wildman–Crippen MR) is 221 cm³/mol. The van der Waals surface area contributed by atoms with Gasteiger partial charge in [0.2, 0.25) is 5.75 Å². The van der Waals surface area contributed by atoms with Crippen LogP contribution in [0.1, 0.15) is 87.5 Å². The molecule has 0 aliphatic carbocycles. The van der Waals surface area contributed by atoms with Crippen molar-refractivity contribution in [2.45, 2.75) is 84.7 Å². The third-order valence-electron chi connectivity index (χ3n) is 8.90. The number of pyridine rings is 1. The van der Waals surface area contributed by atoms with E-state index in [0.29, 0.717) is 16.7 Å². The Bertz CT molecular complexity index is 2170. The van der Waals surface area contributed by atoms with Crippen LogP contribution in [0, 0.1) is 28.9 Å². The van der Waals surface area contributed by atoms with Crippen molar-refractivity contribution in [3.8, 4) is 17.6 Å². The van der Waals surface area contributed by atoms with Crippen molar-refractivity contribution in [2.24, 2.45) is 5.92 Å². The first-order chi connectivity index (χ1) is 29.9. The number of methoxy groups -OCH3 is 1. The van der Waals surface area contributed by atoms with Crippen LogP contribution < -0.4 is 14.8 Å². The van der Waals surface area contributed by atoms with Gasteiger partial charge in [0, 0.05) is 25.1 Å². The molecule has 334 valence electrons. The number of hydrogen-bond donors (Lipinski definition) is 1. The van der Waals surface area contributed by atoms with E-state index < -0.39 is 77.7 Å². The van der Waals surface area contributed by atoms with Crippen LogP contribution in [0.2, 0.25) is 0 Å². The van der Waals surface area contributed by atoms with Gasteiger partial charge in [0.15, 0.2) is 11.4 Å². The van der Waals surface area contributed by atoms with Gasteiger partial charge in [-0.15, -0.1) is 0 Å². The average Bonchev–Trinajstić information content (AvgIpc) is 3.30. The van der Waals surface area contributed by atoms with E-state index in [0.717, 1.165) is 6.92 Å². The minimum atomic E-state index is -1.12. The van der Waals surface area contributed by atoms with Crippen LogP contribution >= 0.6 is 0 Å². The SMILES string of the molecule is CC(C)C(=O)OC1CC(=O)OCCC(=O)OC1C.COc1ccnc(C(=O)N[C@@H](C)C(=O)O[C@@H](C)C(c2ccc(F)cc2)c2ccc(F)cc2)c1OC(C)=O.N#Cc1ccccc1. The number of benzene rings is 3. The van der Waals surface area contributed by atoms with E-state index in [1.54, 1.807) is 64.1 Å². The zero-order valence-corrected chi connectivity index (χ0v) is 35.8. The summed E-state index contributed by atoms with van der Waals surface area (Å²) in [5.41, 5.74) is 1.76. The van der Waals surface area contributed by atoms with E-state index in [2.05, 4.69) is 10.3 Å². The van der Waals surface area contributed by atoms with Crippen molar-refractivity contribution < 1.29 is 66.0 Å². The molecule has 1 N–H and O–H groups in total. The lowest BCUT2D eigenvalue weighted by Gasteiger charge is -2.26. The van der Waals surface area contributed by atoms with E-state index >= 15 is 0 Å². The maximum atomic E-state index is 13.5. The molecule has 4 atom stereocenters. The number of ether oxygens (including phenoxy) is 6. The lowest BCUT2D eigenvalue weighted by atomic mass is 9.87. The summed E-state index contributed by atoms with van der Waals surface area (Å²) in [6.45, 7) is 9.19. The molecule has 1 saturated heterocycles. The van der Waals surface area contributed by atoms with Crippen molar-refractivity contribution in [3.05, 3.63) is 125 Å². The second kappa shape index (κ2) is 24.9. The minimum Gasteiger partial charge on any atom is -0.493 e. The second-order valence-electron chi connectivity index (χ2n) is 14.2. The Labute approximate surface area is 363 Å². The van der Waals surface area contributed by atoms with Crippen molar-refractivity contribution >= 4 is 35.8 Å². The van der Waals surface area contributed by atoms with E-state index in [-0.39, 0.29) is 42.6 Å². The van der Waals surface area contributed by atoms with E-state index in [9.17, 15) is 37.5 Å². The number of nitrogens with zero attached hydrogens (tertiary/aromatic N) is 2. The fourth-order valence-electron chi connectivity index (χ4n) is 5.66. The summed E-state index contributed by atoms with van der Waals surface area (Å²) < 4.78 is 57.9. The maximum absolute atomic E-state index is 13.5. The molecule has 3 aromatic carbocycles. The quantitative estimate of drug-likeness (QED) is 0.125. The molecule has 63 heavy (non-hydrogen) atoms. The summed E-state index contributed by atoms with van der Waals surface area (Å²) in [4.78, 5) is 75.4. The molecular formula is C46H49F2N3O12. The first-order valence-electron chi connectivity index (χ1n) is 19.7. The molecule has 1 aliphatic heterocycles. The highest BCUT2D eigenvalue weighted by molar-refractivity contribution is 5.98. The largest absolute Gasteiger partial charge is 0.493 e. The van der Waals surface area contributed by atoms with Crippen molar-refractivity contribution in [3.63, 3.8) is 0 Å². The number of carbonyl (C=O) groups excluding carboxylic acids is 6. The van der Waals surface area contributed by atoms with Gasteiger partial charge in [0.05, 0.1) is 37.5 Å².